The fourth-order valence-corrected chi connectivity index (χ4v) is 4.80. The van der Waals surface area contributed by atoms with Crippen LogP contribution in [0.5, 0.6) is 0 Å². The Labute approximate surface area is 167 Å². The van der Waals surface area contributed by atoms with E-state index in [9.17, 15) is 14.4 Å². The molecule has 0 bridgehead atoms. The van der Waals surface area contributed by atoms with Crippen LogP contribution in [0.3, 0.4) is 0 Å². The Morgan fingerprint density at radius 3 is 2.64 bits per heavy atom. The van der Waals surface area contributed by atoms with Gasteiger partial charge in [-0.25, -0.2) is 4.79 Å². The average Bonchev–Trinajstić information content (AvgIpc) is 3.36. The fraction of sp³-hybridized carbons (Fsp3) is 0.286. The lowest BCUT2D eigenvalue weighted by atomic mass is 10.1. The lowest BCUT2D eigenvalue weighted by Gasteiger charge is -2.29. The van der Waals surface area contributed by atoms with Gasteiger partial charge in [0.05, 0.1) is 11.9 Å². The highest BCUT2D eigenvalue weighted by molar-refractivity contribution is 7.99. The fourth-order valence-electron chi connectivity index (χ4n) is 3.68. The number of nitrogens with one attached hydrogen (secondary N) is 1. The molecule has 6 nitrogen and oxygen atoms in total. The Balaban J connectivity index is 1.56. The van der Waals surface area contributed by atoms with Crippen LogP contribution in [0.1, 0.15) is 11.1 Å². The van der Waals surface area contributed by atoms with Crippen molar-refractivity contribution in [1.82, 2.24) is 10.2 Å². The third-order valence-corrected chi connectivity index (χ3v) is 6.16. The van der Waals surface area contributed by atoms with Gasteiger partial charge in [0, 0.05) is 24.4 Å². The van der Waals surface area contributed by atoms with E-state index in [-0.39, 0.29) is 11.9 Å². The second-order valence-electron chi connectivity index (χ2n) is 6.87. The van der Waals surface area contributed by atoms with E-state index >= 15 is 0 Å². The van der Waals surface area contributed by atoms with Crippen molar-refractivity contribution in [3.63, 3.8) is 0 Å². The number of carbonyl (C=O) groups excluding carboxylic acids is 3. The Kier molecular flexibility index (Phi) is 5.34. The molecule has 0 saturated carbocycles. The summed E-state index contributed by atoms with van der Waals surface area (Å²) < 4.78 is 0. The molecule has 2 aliphatic rings. The smallest absolute Gasteiger partial charge is 0.322 e. The van der Waals surface area contributed by atoms with Gasteiger partial charge in [0.25, 0.3) is 0 Å². The van der Waals surface area contributed by atoms with Crippen molar-refractivity contribution < 1.29 is 14.4 Å². The van der Waals surface area contributed by atoms with Gasteiger partial charge >= 0.3 is 6.03 Å². The number of urea groups is 1. The first-order valence-electron chi connectivity index (χ1n) is 9.21. The molecule has 2 aromatic rings. The quantitative estimate of drug-likeness (QED) is 0.808. The summed E-state index contributed by atoms with van der Waals surface area (Å²) in [5, 5.41) is 2.92. The van der Waals surface area contributed by atoms with E-state index in [1.165, 1.54) is 0 Å². The summed E-state index contributed by atoms with van der Waals surface area (Å²) >= 11 is 1.56. The van der Waals surface area contributed by atoms with Crippen molar-refractivity contribution in [2.24, 2.45) is 0 Å². The van der Waals surface area contributed by atoms with E-state index in [0.717, 1.165) is 23.1 Å². The van der Waals surface area contributed by atoms with Gasteiger partial charge in [-0.2, -0.15) is 0 Å². The number of aldehydes is 1. The first-order chi connectivity index (χ1) is 13.7. The number of carbonyl (C=O) groups is 3. The van der Waals surface area contributed by atoms with E-state index in [4.69, 9.17) is 0 Å². The maximum atomic E-state index is 13.2. The SMILES string of the molecule is O=CC1CSCN1C(=O)C1Cc2ccccc2N1C(=O)NCc1ccccc1. The van der Waals surface area contributed by atoms with Crippen LogP contribution in [0.25, 0.3) is 0 Å². The third-order valence-electron chi connectivity index (χ3n) is 5.13. The number of hydrogen-bond donors (Lipinski definition) is 1. The minimum absolute atomic E-state index is 0.173. The standard InChI is InChI=1S/C21H21N3O3S/c25-12-17-13-28-14-23(17)20(26)19-10-16-8-4-5-9-18(16)24(19)21(27)22-11-15-6-2-1-3-7-15/h1-9,12,17,19H,10-11,13-14H2,(H,22,27). The molecule has 2 aromatic carbocycles. The molecule has 28 heavy (non-hydrogen) atoms. The lowest BCUT2D eigenvalue weighted by molar-refractivity contribution is -0.135. The minimum Gasteiger partial charge on any atom is -0.334 e. The van der Waals surface area contributed by atoms with Crippen molar-refractivity contribution in [2.45, 2.75) is 25.0 Å². The number of para-hydroxylation sites is 1. The molecule has 1 fully saturated rings. The average molecular weight is 395 g/mol. The van der Waals surface area contributed by atoms with Gasteiger partial charge in [0.15, 0.2) is 0 Å². The van der Waals surface area contributed by atoms with Crippen molar-refractivity contribution in [3.8, 4) is 0 Å². The molecular weight excluding hydrogens is 374 g/mol. The zero-order valence-corrected chi connectivity index (χ0v) is 16.1. The molecule has 1 saturated heterocycles. The summed E-state index contributed by atoms with van der Waals surface area (Å²) in [5.41, 5.74) is 2.70. The highest BCUT2D eigenvalue weighted by atomic mass is 32.2. The number of benzene rings is 2. The van der Waals surface area contributed by atoms with Gasteiger partial charge in [0.2, 0.25) is 5.91 Å². The van der Waals surface area contributed by atoms with Crippen LogP contribution in [0.2, 0.25) is 0 Å². The maximum absolute atomic E-state index is 13.2. The van der Waals surface area contributed by atoms with E-state index in [0.29, 0.717) is 24.6 Å². The molecule has 4 rings (SSSR count). The highest BCUT2D eigenvalue weighted by Gasteiger charge is 2.42. The summed E-state index contributed by atoms with van der Waals surface area (Å²) in [5.74, 6) is 0.914. The minimum atomic E-state index is -0.630. The summed E-state index contributed by atoms with van der Waals surface area (Å²) in [7, 11) is 0. The topological polar surface area (TPSA) is 69.7 Å². The Hall–Kier alpha value is -2.80. The zero-order valence-electron chi connectivity index (χ0n) is 15.3. The van der Waals surface area contributed by atoms with Crippen LogP contribution < -0.4 is 10.2 Å². The van der Waals surface area contributed by atoms with Crippen molar-refractivity contribution in [2.75, 3.05) is 16.5 Å². The van der Waals surface area contributed by atoms with Crippen molar-refractivity contribution in [1.29, 1.82) is 0 Å². The van der Waals surface area contributed by atoms with Crippen LogP contribution in [0.15, 0.2) is 54.6 Å². The molecule has 3 amide bonds. The normalized spacial score (nSPS) is 20.7. The first kappa shape index (κ1) is 18.6. The molecule has 0 spiro atoms. The number of nitrogens with zero attached hydrogens (tertiary/aromatic N) is 2. The summed E-state index contributed by atoms with van der Waals surface area (Å²) in [6, 6.07) is 15.9. The molecule has 0 aromatic heterocycles. The second kappa shape index (κ2) is 8.06. The predicted molar refractivity (Wildman–Crippen MR) is 109 cm³/mol. The van der Waals surface area contributed by atoms with Crippen LogP contribution in [-0.2, 0) is 22.6 Å². The number of fused-ring (bicyclic) bond motifs is 1. The Morgan fingerprint density at radius 1 is 1.11 bits per heavy atom. The van der Waals surface area contributed by atoms with Gasteiger partial charge in [-0.15, -0.1) is 11.8 Å². The summed E-state index contributed by atoms with van der Waals surface area (Å²) in [4.78, 5) is 40.7. The van der Waals surface area contributed by atoms with Crippen molar-refractivity contribution >= 4 is 35.7 Å². The highest BCUT2D eigenvalue weighted by Crippen LogP contribution is 2.34. The Morgan fingerprint density at radius 2 is 1.86 bits per heavy atom. The molecule has 1 N–H and O–H groups in total. The van der Waals surface area contributed by atoms with Gasteiger partial charge in [-0.1, -0.05) is 48.5 Å². The molecule has 0 radical (unpaired) electrons. The monoisotopic (exact) mass is 395 g/mol. The van der Waals surface area contributed by atoms with E-state index in [1.54, 1.807) is 21.6 Å². The van der Waals surface area contributed by atoms with E-state index < -0.39 is 12.1 Å². The number of thioether (sulfide) groups is 1. The number of rotatable bonds is 4. The molecule has 7 heteroatoms. The maximum Gasteiger partial charge on any atom is 0.322 e. The number of amides is 3. The Bertz CT molecular complexity index is 889. The van der Waals surface area contributed by atoms with E-state index in [1.807, 2.05) is 54.6 Å². The van der Waals surface area contributed by atoms with Gasteiger partial charge < -0.3 is 15.0 Å². The van der Waals surface area contributed by atoms with Gasteiger partial charge in [-0.3, -0.25) is 9.69 Å². The van der Waals surface area contributed by atoms with Gasteiger partial charge in [0.1, 0.15) is 12.3 Å². The molecule has 2 heterocycles. The molecular formula is C21H21N3O3S. The summed E-state index contributed by atoms with van der Waals surface area (Å²) in [6.07, 6.45) is 1.28. The van der Waals surface area contributed by atoms with Crippen LogP contribution in [0, 0.1) is 0 Å². The van der Waals surface area contributed by atoms with Crippen LogP contribution >= 0.6 is 11.8 Å². The van der Waals surface area contributed by atoms with E-state index in [2.05, 4.69) is 5.32 Å². The molecule has 2 unspecified atom stereocenters. The number of hydrogen-bond acceptors (Lipinski definition) is 4. The largest absolute Gasteiger partial charge is 0.334 e. The zero-order chi connectivity index (χ0) is 19.5. The second-order valence-corrected chi connectivity index (χ2v) is 7.87. The lowest BCUT2D eigenvalue weighted by Crippen LogP contribution is -2.53. The van der Waals surface area contributed by atoms with Crippen LogP contribution in [0.4, 0.5) is 10.5 Å². The first-order valence-corrected chi connectivity index (χ1v) is 10.4. The predicted octanol–water partition coefficient (Wildman–Crippen LogP) is 2.43. The third kappa shape index (κ3) is 3.49. The molecule has 144 valence electrons. The molecule has 0 aliphatic carbocycles. The molecule has 2 atom stereocenters. The molecule has 2 aliphatic heterocycles. The van der Waals surface area contributed by atoms with Crippen LogP contribution in [-0.4, -0.2) is 46.8 Å². The van der Waals surface area contributed by atoms with Crippen molar-refractivity contribution in [3.05, 3.63) is 65.7 Å². The number of anilines is 1. The van der Waals surface area contributed by atoms with Gasteiger partial charge in [-0.05, 0) is 17.2 Å². The summed E-state index contributed by atoms with van der Waals surface area (Å²) in [6.45, 7) is 0.385.